The second-order valence-corrected chi connectivity index (χ2v) is 10.3. The maximum Gasteiger partial charge on any atom is 0.271 e. The standard InChI is InChI=1S/C25H16Br2FN3O3S/c1-13-20(23(32)30-16-5-3-2-4-6-16)21(14-7-9-15(28)10-8-14)31-24(33)19(35-25(31)29-13)12-17-11-18(26)22(27)34-17/h2-12,21H,1H3,(H,30,32)/b19-12+/t21-/m0/s1. The van der Waals surface area contributed by atoms with Gasteiger partial charge in [-0.1, -0.05) is 41.7 Å². The quantitative estimate of drug-likeness (QED) is 0.345. The van der Waals surface area contributed by atoms with E-state index in [9.17, 15) is 14.0 Å². The molecule has 35 heavy (non-hydrogen) atoms. The first kappa shape index (κ1) is 23.7. The van der Waals surface area contributed by atoms with Crippen LogP contribution in [0.25, 0.3) is 6.08 Å². The summed E-state index contributed by atoms with van der Waals surface area (Å²) in [5.41, 5.74) is 1.66. The fourth-order valence-electron chi connectivity index (χ4n) is 3.86. The first-order valence-electron chi connectivity index (χ1n) is 10.4. The number of hydrogen-bond acceptors (Lipinski definition) is 5. The Hall–Kier alpha value is -3.08. The van der Waals surface area contributed by atoms with Crippen LogP contribution in [0.3, 0.4) is 0 Å². The van der Waals surface area contributed by atoms with Gasteiger partial charge >= 0.3 is 0 Å². The summed E-state index contributed by atoms with van der Waals surface area (Å²) < 4.78 is 22.4. The summed E-state index contributed by atoms with van der Waals surface area (Å²) in [5, 5.41) is 2.88. The normalized spacial score (nSPS) is 15.7. The van der Waals surface area contributed by atoms with Gasteiger partial charge in [-0.15, -0.1) is 0 Å². The van der Waals surface area contributed by atoms with Gasteiger partial charge in [0.05, 0.1) is 26.3 Å². The van der Waals surface area contributed by atoms with Crippen LogP contribution in [0.5, 0.6) is 0 Å². The highest BCUT2D eigenvalue weighted by atomic mass is 79.9. The van der Waals surface area contributed by atoms with E-state index in [1.807, 2.05) is 18.2 Å². The van der Waals surface area contributed by atoms with Crippen molar-refractivity contribution in [3.8, 4) is 0 Å². The fraction of sp³-hybridized carbons (Fsp3) is 0.0800. The minimum absolute atomic E-state index is 0.308. The molecule has 2 aromatic heterocycles. The summed E-state index contributed by atoms with van der Waals surface area (Å²) in [6, 6.07) is 15.8. The van der Waals surface area contributed by atoms with Gasteiger partial charge in [0.25, 0.3) is 11.5 Å². The number of fused-ring (bicyclic) bond motifs is 1. The van der Waals surface area contributed by atoms with Crippen LogP contribution in [0.15, 0.2) is 95.3 Å². The van der Waals surface area contributed by atoms with Gasteiger partial charge in [0.2, 0.25) is 0 Å². The van der Waals surface area contributed by atoms with Gasteiger partial charge in [0.1, 0.15) is 11.6 Å². The highest BCUT2D eigenvalue weighted by Gasteiger charge is 2.32. The minimum atomic E-state index is -0.784. The number of nitrogens with zero attached hydrogens (tertiary/aromatic N) is 2. The third-order valence-corrected chi connectivity index (χ3v) is 8.11. The van der Waals surface area contributed by atoms with E-state index < -0.39 is 11.9 Å². The van der Waals surface area contributed by atoms with Crippen molar-refractivity contribution < 1.29 is 13.6 Å². The molecule has 1 aliphatic heterocycles. The number of carbonyl (C=O) groups is 1. The lowest BCUT2D eigenvalue weighted by molar-refractivity contribution is -0.113. The molecule has 1 N–H and O–H groups in total. The Labute approximate surface area is 219 Å². The van der Waals surface area contributed by atoms with Crippen LogP contribution in [-0.4, -0.2) is 10.5 Å². The van der Waals surface area contributed by atoms with Gasteiger partial charge in [-0.25, -0.2) is 9.38 Å². The maximum atomic E-state index is 13.7. The summed E-state index contributed by atoms with van der Waals surface area (Å²) in [4.78, 5) is 32.0. The van der Waals surface area contributed by atoms with Crippen molar-refractivity contribution in [1.29, 1.82) is 0 Å². The number of para-hydroxylation sites is 1. The molecule has 10 heteroatoms. The Balaban J connectivity index is 1.68. The van der Waals surface area contributed by atoms with Gasteiger partial charge in [0, 0.05) is 11.8 Å². The first-order valence-corrected chi connectivity index (χ1v) is 12.8. The summed E-state index contributed by atoms with van der Waals surface area (Å²) in [6.45, 7) is 1.73. The molecule has 1 atom stereocenters. The van der Waals surface area contributed by atoms with Gasteiger partial charge < -0.3 is 9.73 Å². The summed E-state index contributed by atoms with van der Waals surface area (Å²) in [7, 11) is 0. The minimum Gasteiger partial charge on any atom is -0.449 e. The van der Waals surface area contributed by atoms with Crippen LogP contribution in [-0.2, 0) is 4.79 Å². The number of thiazole rings is 1. The summed E-state index contributed by atoms with van der Waals surface area (Å²) >= 11 is 7.86. The molecule has 176 valence electrons. The SMILES string of the molecule is CC1=C(C(=O)Nc2ccccc2)[C@H](c2ccc(F)cc2)n2c(s/c(=C/c3cc(Br)c(Br)o3)c2=O)=N1. The lowest BCUT2D eigenvalue weighted by Gasteiger charge is -2.25. The van der Waals surface area contributed by atoms with Gasteiger partial charge in [-0.3, -0.25) is 14.2 Å². The molecule has 6 nitrogen and oxygen atoms in total. The van der Waals surface area contributed by atoms with Crippen LogP contribution in [0.1, 0.15) is 24.3 Å². The Morgan fingerprint density at radius 3 is 2.54 bits per heavy atom. The number of rotatable bonds is 4. The van der Waals surface area contributed by atoms with E-state index in [2.05, 4.69) is 42.2 Å². The van der Waals surface area contributed by atoms with Crippen LogP contribution in [0.2, 0.25) is 0 Å². The molecule has 0 spiro atoms. The van der Waals surface area contributed by atoms with Crippen LogP contribution >= 0.6 is 43.2 Å². The maximum absolute atomic E-state index is 13.7. The van der Waals surface area contributed by atoms with Crippen molar-refractivity contribution in [1.82, 2.24) is 4.57 Å². The van der Waals surface area contributed by atoms with Crippen LogP contribution < -0.4 is 20.2 Å². The average molecular weight is 617 g/mol. The van der Waals surface area contributed by atoms with Crippen molar-refractivity contribution in [2.75, 3.05) is 5.32 Å². The van der Waals surface area contributed by atoms with E-state index in [1.165, 1.54) is 28.0 Å². The van der Waals surface area contributed by atoms with Gasteiger partial charge in [0.15, 0.2) is 9.47 Å². The molecule has 5 rings (SSSR count). The Kier molecular flexibility index (Phi) is 6.43. The third-order valence-electron chi connectivity index (χ3n) is 5.42. The van der Waals surface area contributed by atoms with E-state index in [4.69, 9.17) is 4.42 Å². The highest BCUT2D eigenvalue weighted by Crippen LogP contribution is 2.31. The fourth-order valence-corrected chi connectivity index (χ4v) is 5.49. The number of amides is 1. The largest absolute Gasteiger partial charge is 0.449 e. The molecule has 0 fully saturated rings. The van der Waals surface area contributed by atoms with Crippen molar-refractivity contribution in [3.63, 3.8) is 0 Å². The molecule has 0 saturated heterocycles. The topological polar surface area (TPSA) is 76.6 Å². The number of carbonyl (C=O) groups excluding carboxylic acids is 1. The lowest BCUT2D eigenvalue weighted by atomic mass is 9.95. The number of aromatic nitrogens is 1. The third kappa shape index (κ3) is 4.61. The molecule has 0 radical (unpaired) electrons. The van der Waals surface area contributed by atoms with Crippen molar-refractivity contribution >= 4 is 60.9 Å². The highest BCUT2D eigenvalue weighted by molar-refractivity contribution is 9.13. The number of nitrogens with one attached hydrogen (secondary N) is 1. The lowest BCUT2D eigenvalue weighted by Crippen LogP contribution is -2.40. The molecule has 4 aromatic rings. The van der Waals surface area contributed by atoms with E-state index >= 15 is 0 Å². The first-order chi connectivity index (χ1) is 16.8. The summed E-state index contributed by atoms with van der Waals surface area (Å²) in [6.07, 6.45) is 1.63. The molecule has 1 amide bonds. The monoisotopic (exact) mass is 615 g/mol. The van der Waals surface area contributed by atoms with Crippen LogP contribution in [0, 0.1) is 5.82 Å². The number of anilines is 1. The Morgan fingerprint density at radius 2 is 1.89 bits per heavy atom. The van der Waals surface area contributed by atoms with Gasteiger partial charge in [-0.05, 0) is 74.7 Å². The molecule has 3 heterocycles. The number of allylic oxidation sites excluding steroid dienone is 1. The molecular formula is C25H16Br2FN3O3S. The molecule has 0 saturated carbocycles. The zero-order chi connectivity index (χ0) is 24.7. The predicted molar refractivity (Wildman–Crippen MR) is 139 cm³/mol. The molecule has 2 aromatic carbocycles. The van der Waals surface area contributed by atoms with Gasteiger partial charge in [-0.2, -0.15) is 0 Å². The Bertz CT molecular complexity index is 1640. The predicted octanol–water partition coefficient (Wildman–Crippen LogP) is 5.13. The van der Waals surface area contributed by atoms with Crippen molar-refractivity contribution in [3.05, 3.63) is 118 Å². The van der Waals surface area contributed by atoms with Crippen molar-refractivity contribution in [2.45, 2.75) is 13.0 Å². The van der Waals surface area contributed by atoms with Crippen LogP contribution in [0.4, 0.5) is 10.1 Å². The Morgan fingerprint density at radius 1 is 1.17 bits per heavy atom. The zero-order valence-electron chi connectivity index (χ0n) is 18.1. The zero-order valence-corrected chi connectivity index (χ0v) is 22.1. The number of benzene rings is 2. The smallest absolute Gasteiger partial charge is 0.271 e. The average Bonchev–Trinajstić information content (AvgIpc) is 3.31. The number of furan rings is 1. The van der Waals surface area contributed by atoms with E-state index in [0.717, 1.165) is 4.47 Å². The number of halogens is 3. The molecule has 0 unspecified atom stereocenters. The molecule has 0 aliphatic carbocycles. The number of hydrogen-bond donors (Lipinski definition) is 1. The van der Waals surface area contributed by atoms with E-state index in [0.29, 0.717) is 42.3 Å². The van der Waals surface area contributed by atoms with E-state index in [1.54, 1.807) is 43.3 Å². The molecular weight excluding hydrogens is 601 g/mol. The summed E-state index contributed by atoms with van der Waals surface area (Å²) in [5.74, 6) is -0.323. The van der Waals surface area contributed by atoms with Crippen molar-refractivity contribution in [2.24, 2.45) is 4.99 Å². The molecule has 1 aliphatic rings. The molecule has 0 bridgehead atoms. The van der Waals surface area contributed by atoms with E-state index in [-0.39, 0.29) is 11.5 Å². The second kappa shape index (κ2) is 9.52. The second-order valence-electron chi connectivity index (χ2n) is 7.72.